The number of thioether (sulfide) groups is 1. The largest absolute Gasteiger partial charge is 0.316 e. The standard InChI is InChI=1S/C56H49NS2/c1-2-13-38(14-3-1)42-21-11-23-49-50-24-12-25-52(56(50)59-55(42)49)57(40-30-27-36(28-31-40)39-29-32-48-47-20-8-9-26-53(47)58-54(48)35-39)51-34-33-45(44-18-6-7-19-46(44)51)43-22-10-16-37-15-4-5-17-41(37)43/h2,4-6,8-10,13-18,20-22,24,26-27,29-30,32-35,41,43,48,54H,1,3,7,11-12,19,23,25,28,31H2. The molecule has 0 saturated heterocycles. The van der Waals surface area contributed by atoms with Gasteiger partial charge in [0.1, 0.15) is 0 Å². The lowest BCUT2D eigenvalue weighted by Gasteiger charge is -2.36. The summed E-state index contributed by atoms with van der Waals surface area (Å²) in [5.41, 5.74) is 19.0. The Bertz CT molecular complexity index is 2830. The van der Waals surface area contributed by atoms with Crippen LogP contribution in [0.3, 0.4) is 0 Å². The molecule has 1 aromatic heterocycles. The first kappa shape index (κ1) is 35.8. The first-order chi connectivity index (χ1) is 29.3. The summed E-state index contributed by atoms with van der Waals surface area (Å²) in [5, 5.41) is 2.00. The summed E-state index contributed by atoms with van der Waals surface area (Å²) >= 11 is 4.12. The number of nitrogens with zero attached hydrogens (tertiary/aromatic N) is 1. The van der Waals surface area contributed by atoms with Gasteiger partial charge in [-0.2, -0.15) is 0 Å². The zero-order valence-electron chi connectivity index (χ0n) is 33.6. The second-order valence-electron chi connectivity index (χ2n) is 17.3. The monoisotopic (exact) mass is 799 g/mol. The molecule has 8 aliphatic carbocycles. The summed E-state index contributed by atoms with van der Waals surface area (Å²) in [5.74, 6) is 1.20. The van der Waals surface area contributed by atoms with E-state index in [4.69, 9.17) is 0 Å². The minimum Gasteiger partial charge on any atom is -0.316 e. The summed E-state index contributed by atoms with van der Waals surface area (Å²) < 4.78 is 1.50. The zero-order valence-corrected chi connectivity index (χ0v) is 35.2. The Morgan fingerprint density at radius 3 is 2.46 bits per heavy atom. The molecule has 2 heterocycles. The molecule has 0 N–H and O–H groups in total. The maximum atomic E-state index is 2.78. The van der Waals surface area contributed by atoms with Crippen molar-refractivity contribution in [2.75, 3.05) is 4.90 Å². The van der Waals surface area contributed by atoms with Crippen LogP contribution < -0.4 is 14.7 Å². The van der Waals surface area contributed by atoms with Crippen molar-refractivity contribution in [3.8, 4) is 0 Å². The molecule has 0 radical (unpaired) electrons. The predicted molar refractivity (Wildman–Crippen MR) is 253 cm³/mol. The Labute approximate surface area is 357 Å². The molecule has 9 aliphatic rings. The minimum absolute atomic E-state index is 0.331. The van der Waals surface area contributed by atoms with Crippen molar-refractivity contribution in [1.82, 2.24) is 0 Å². The van der Waals surface area contributed by atoms with Crippen LogP contribution in [0.5, 0.6) is 0 Å². The molecule has 12 rings (SSSR count). The van der Waals surface area contributed by atoms with Crippen molar-refractivity contribution in [3.05, 3.63) is 210 Å². The maximum Gasteiger partial charge on any atom is 0.0547 e. The lowest BCUT2D eigenvalue weighted by molar-refractivity contribution is 0.667. The number of allylic oxidation sites excluding steroid dienone is 22. The molecule has 0 bridgehead atoms. The smallest absolute Gasteiger partial charge is 0.0547 e. The lowest BCUT2D eigenvalue weighted by Crippen LogP contribution is -2.36. The van der Waals surface area contributed by atoms with Crippen molar-refractivity contribution in [2.45, 2.75) is 86.2 Å². The van der Waals surface area contributed by atoms with Crippen LogP contribution in [-0.4, -0.2) is 5.25 Å². The summed E-state index contributed by atoms with van der Waals surface area (Å²) in [4.78, 5) is 5.74. The molecule has 1 nitrogen and oxygen atoms in total. The van der Waals surface area contributed by atoms with Crippen LogP contribution >= 0.6 is 23.1 Å². The van der Waals surface area contributed by atoms with Crippen LogP contribution in [0.1, 0.15) is 95.9 Å². The van der Waals surface area contributed by atoms with Crippen LogP contribution in [0.4, 0.5) is 5.69 Å². The lowest BCUT2D eigenvalue weighted by atomic mass is 9.73. The van der Waals surface area contributed by atoms with E-state index in [1.54, 1.807) is 5.56 Å². The van der Waals surface area contributed by atoms with Gasteiger partial charge in [-0.3, -0.25) is 0 Å². The van der Waals surface area contributed by atoms with Gasteiger partial charge in [-0.05, 0) is 143 Å². The summed E-state index contributed by atoms with van der Waals surface area (Å²) in [7, 11) is 0. The number of hydrogen-bond acceptors (Lipinski definition) is 3. The van der Waals surface area contributed by atoms with Crippen LogP contribution in [0.25, 0.3) is 23.4 Å². The highest BCUT2D eigenvalue weighted by Crippen LogP contribution is 2.50. The van der Waals surface area contributed by atoms with Crippen molar-refractivity contribution in [3.63, 3.8) is 0 Å². The number of rotatable bonds is 6. The van der Waals surface area contributed by atoms with Gasteiger partial charge >= 0.3 is 0 Å². The van der Waals surface area contributed by atoms with Crippen LogP contribution in [0, 0.1) is 5.92 Å². The molecule has 0 saturated carbocycles. The Hall–Kier alpha value is -5.09. The summed E-state index contributed by atoms with van der Waals surface area (Å²) in [6.45, 7) is 0. The molecule has 3 heteroatoms. The van der Waals surface area contributed by atoms with Gasteiger partial charge in [-0.25, -0.2) is 0 Å². The predicted octanol–water partition coefficient (Wildman–Crippen LogP) is 13.2. The molecule has 59 heavy (non-hydrogen) atoms. The molecule has 3 aromatic rings. The molecule has 0 amide bonds. The van der Waals surface area contributed by atoms with E-state index in [0.29, 0.717) is 23.0 Å². The van der Waals surface area contributed by atoms with E-state index in [2.05, 4.69) is 168 Å². The van der Waals surface area contributed by atoms with Gasteiger partial charge in [-0.1, -0.05) is 134 Å². The topological polar surface area (TPSA) is 3.24 Å². The molecule has 1 aliphatic heterocycles. The number of hydrogen-bond donors (Lipinski definition) is 0. The number of anilines is 1. The third-order valence-electron chi connectivity index (χ3n) is 14.0. The minimum atomic E-state index is 0.331. The molecule has 4 unspecified atom stereocenters. The third-order valence-corrected chi connectivity index (χ3v) is 16.7. The first-order valence-corrected chi connectivity index (χ1v) is 23.8. The normalized spacial score (nSPS) is 25.5. The molecule has 0 fully saturated rings. The van der Waals surface area contributed by atoms with E-state index in [1.165, 1.54) is 86.7 Å². The van der Waals surface area contributed by atoms with Crippen molar-refractivity contribution in [1.29, 1.82) is 0 Å². The molecular formula is C56H49NS2. The van der Waals surface area contributed by atoms with Gasteiger partial charge in [0.2, 0.25) is 0 Å². The molecule has 290 valence electrons. The highest BCUT2D eigenvalue weighted by atomic mass is 32.2. The Morgan fingerprint density at radius 2 is 1.53 bits per heavy atom. The second-order valence-corrected chi connectivity index (χ2v) is 19.5. The molecular weight excluding hydrogens is 751 g/mol. The van der Waals surface area contributed by atoms with Crippen LogP contribution in [-0.2, 0) is 12.8 Å². The maximum absolute atomic E-state index is 2.78. The van der Waals surface area contributed by atoms with Crippen molar-refractivity contribution >= 4 is 52.2 Å². The van der Waals surface area contributed by atoms with E-state index in [0.717, 1.165) is 64.2 Å². The average Bonchev–Trinajstić information content (AvgIpc) is 3.88. The summed E-state index contributed by atoms with van der Waals surface area (Å²) in [6.07, 6.45) is 56.7. The highest BCUT2D eigenvalue weighted by molar-refractivity contribution is 8.00. The Balaban J connectivity index is 0.995. The van der Waals surface area contributed by atoms with Gasteiger partial charge in [0.15, 0.2) is 0 Å². The fraction of sp³-hybridized carbons (Fsp3) is 0.250. The number of thiophene rings is 1. The van der Waals surface area contributed by atoms with Crippen molar-refractivity contribution < 1.29 is 0 Å². The van der Waals surface area contributed by atoms with Gasteiger partial charge in [0, 0.05) is 49.9 Å². The van der Waals surface area contributed by atoms with E-state index in [9.17, 15) is 0 Å². The van der Waals surface area contributed by atoms with E-state index in [1.807, 2.05) is 11.8 Å². The van der Waals surface area contributed by atoms with Gasteiger partial charge in [0.25, 0.3) is 0 Å². The second kappa shape index (κ2) is 14.9. The SMILES string of the molecule is C1=CC2=CC=CC(c3ccc(N(C4=CC=C(C5=CC6Sc7ccccc7C6C=C5)CC4)C4=c5sc6c(c5=CCC4)CCC=C6C4=CCCC=C4)c4c3C=CCC4)C2C=C1. The van der Waals surface area contributed by atoms with E-state index in [-0.39, 0.29) is 0 Å². The Morgan fingerprint density at radius 1 is 0.610 bits per heavy atom. The molecule has 0 spiro atoms. The van der Waals surface area contributed by atoms with Crippen LogP contribution in [0.2, 0.25) is 0 Å². The molecule has 4 atom stereocenters. The Kier molecular flexibility index (Phi) is 9.03. The number of fused-ring (bicyclic) bond motifs is 8. The molecule has 2 aromatic carbocycles. The van der Waals surface area contributed by atoms with Crippen molar-refractivity contribution in [2.24, 2.45) is 5.92 Å². The quantitative estimate of drug-likeness (QED) is 0.244. The van der Waals surface area contributed by atoms with Gasteiger partial charge in [-0.15, -0.1) is 23.1 Å². The van der Waals surface area contributed by atoms with Gasteiger partial charge < -0.3 is 4.90 Å². The van der Waals surface area contributed by atoms with E-state index < -0.39 is 0 Å². The summed E-state index contributed by atoms with van der Waals surface area (Å²) in [6, 6.07) is 14.0. The number of benzene rings is 2. The van der Waals surface area contributed by atoms with Gasteiger partial charge in [0.05, 0.1) is 4.53 Å². The van der Waals surface area contributed by atoms with E-state index >= 15 is 0 Å². The first-order valence-electron chi connectivity index (χ1n) is 22.1. The fourth-order valence-corrected chi connectivity index (χ4v) is 14.1. The average molecular weight is 800 g/mol. The zero-order chi connectivity index (χ0) is 38.9. The van der Waals surface area contributed by atoms with Crippen LogP contribution in [0.15, 0.2) is 173 Å². The third kappa shape index (κ3) is 6.10. The fourth-order valence-electron chi connectivity index (χ4n) is 11.2. The highest BCUT2D eigenvalue weighted by Gasteiger charge is 2.34.